The molecule has 0 saturated carbocycles. The van der Waals surface area contributed by atoms with Crippen molar-refractivity contribution in [2.75, 3.05) is 0 Å². The highest BCUT2D eigenvalue weighted by Gasteiger charge is 2.08. The van der Waals surface area contributed by atoms with Crippen molar-refractivity contribution in [3.05, 3.63) is 47.5 Å². The van der Waals surface area contributed by atoms with Crippen LogP contribution in [0, 0.1) is 13.8 Å². The van der Waals surface area contributed by atoms with E-state index in [1.807, 2.05) is 24.4 Å². The molecule has 77 valence electrons. The van der Waals surface area contributed by atoms with Gasteiger partial charge in [-0.15, -0.1) is 0 Å². The van der Waals surface area contributed by atoms with Gasteiger partial charge in [-0.05, 0) is 43.5 Å². The molecule has 2 nitrogen and oxygen atoms in total. The van der Waals surface area contributed by atoms with Crippen LogP contribution in [-0.4, -0.2) is 10.2 Å². The summed E-state index contributed by atoms with van der Waals surface area (Å²) >= 11 is 5.98. The smallest absolute Gasteiger partial charge is 0.0685 e. The second kappa shape index (κ2) is 4.07. The lowest BCUT2D eigenvalue weighted by atomic mass is 10.0. The Hall–Kier alpha value is -1.28. The third kappa shape index (κ3) is 1.90. The molecule has 1 aromatic heterocycles. The molecule has 0 saturated heterocycles. The maximum atomic E-state index is 5.98. The fourth-order valence-electron chi connectivity index (χ4n) is 1.60. The fraction of sp³-hybridized carbons (Fsp3) is 0.167. The average molecular weight is 220 g/mol. The van der Waals surface area contributed by atoms with Gasteiger partial charge in [-0.1, -0.05) is 17.7 Å². The maximum Gasteiger partial charge on any atom is 0.0685 e. The SMILES string of the molecule is [CH2]Cc1cn[nH]c1-c1cc(Cl)ccc1C. The number of benzene rings is 1. The second-order valence-electron chi connectivity index (χ2n) is 3.48. The Balaban J connectivity index is 2.58. The number of halogens is 1. The van der Waals surface area contributed by atoms with Gasteiger partial charge in [0, 0.05) is 10.6 Å². The molecule has 0 atom stereocenters. The third-order valence-corrected chi connectivity index (χ3v) is 2.69. The zero-order valence-corrected chi connectivity index (χ0v) is 9.30. The number of nitrogens with zero attached hydrogens (tertiary/aromatic N) is 1. The molecule has 1 aromatic carbocycles. The van der Waals surface area contributed by atoms with E-state index in [-0.39, 0.29) is 0 Å². The number of aromatic amines is 1. The van der Waals surface area contributed by atoms with Crippen LogP contribution in [0.5, 0.6) is 0 Å². The lowest BCUT2D eigenvalue weighted by molar-refractivity contribution is 1.09. The van der Waals surface area contributed by atoms with Gasteiger partial charge in [0.25, 0.3) is 0 Å². The van der Waals surface area contributed by atoms with E-state index < -0.39 is 0 Å². The minimum Gasteiger partial charge on any atom is -0.278 e. The van der Waals surface area contributed by atoms with Crippen molar-refractivity contribution in [1.82, 2.24) is 10.2 Å². The van der Waals surface area contributed by atoms with E-state index in [0.717, 1.165) is 28.3 Å². The number of aryl methyl sites for hydroxylation is 1. The first-order valence-corrected chi connectivity index (χ1v) is 5.18. The van der Waals surface area contributed by atoms with Crippen LogP contribution >= 0.6 is 11.6 Å². The van der Waals surface area contributed by atoms with Crippen molar-refractivity contribution in [2.24, 2.45) is 0 Å². The van der Waals surface area contributed by atoms with Crippen molar-refractivity contribution < 1.29 is 0 Å². The molecular weight excluding hydrogens is 208 g/mol. The minimum absolute atomic E-state index is 0.720. The van der Waals surface area contributed by atoms with Crippen LogP contribution in [0.2, 0.25) is 5.02 Å². The fourth-order valence-corrected chi connectivity index (χ4v) is 1.77. The average Bonchev–Trinajstić information content (AvgIpc) is 2.69. The summed E-state index contributed by atoms with van der Waals surface area (Å²) in [4.78, 5) is 0. The molecule has 1 radical (unpaired) electrons. The predicted octanol–water partition coefficient (Wildman–Crippen LogP) is 3.42. The standard InChI is InChI=1S/C12H12ClN2/c1-3-9-7-14-15-12(9)11-6-10(13)5-4-8(11)2/h4-7H,1,3H2,2H3,(H,14,15). The van der Waals surface area contributed by atoms with E-state index in [1.165, 1.54) is 5.56 Å². The Kier molecular flexibility index (Phi) is 2.78. The lowest BCUT2D eigenvalue weighted by Gasteiger charge is -2.05. The van der Waals surface area contributed by atoms with Gasteiger partial charge in [-0.25, -0.2) is 0 Å². The van der Waals surface area contributed by atoms with E-state index in [0.29, 0.717) is 0 Å². The lowest BCUT2D eigenvalue weighted by Crippen LogP contribution is -1.88. The van der Waals surface area contributed by atoms with Gasteiger partial charge in [-0.2, -0.15) is 5.10 Å². The van der Waals surface area contributed by atoms with Gasteiger partial charge >= 0.3 is 0 Å². The van der Waals surface area contributed by atoms with Crippen LogP contribution in [0.25, 0.3) is 11.3 Å². The van der Waals surface area contributed by atoms with Crippen LogP contribution in [-0.2, 0) is 6.42 Å². The second-order valence-corrected chi connectivity index (χ2v) is 3.92. The molecule has 15 heavy (non-hydrogen) atoms. The van der Waals surface area contributed by atoms with Crippen LogP contribution in [0.1, 0.15) is 11.1 Å². The summed E-state index contributed by atoms with van der Waals surface area (Å²) in [5.41, 5.74) is 4.40. The topological polar surface area (TPSA) is 28.7 Å². The van der Waals surface area contributed by atoms with E-state index in [4.69, 9.17) is 11.6 Å². The summed E-state index contributed by atoms with van der Waals surface area (Å²) in [5.74, 6) is 0. The first kappa shape index (κ1) is 10.2. The zero-order chi connectivity index (χ0) is 10.8. The first-order chi connectivity index (χ1) is 7.22. The molecule has 0 aliphatic heterocycles. The van der Waals surface area contributed by atoms with Gasteiger partial charge in [0.15, 0.2) is 0 Å². The summed E-state index contributed by atoms with van der Waals surface area (Å²) in [5, 5.41) is 7.76. The number of hydrogen-bond donors (Lipinski definition) is 1. The largest absolute Gasteiger partial charge is 0.278 e. The molecule has 0 unspecified atom stereocenters. The Morgan fingerprint density at radius 3 is 3.00 bits per heavy atom. The monoisotopic (exact) mass is 219 g/mol. The first-order valence-electron chi connectivity index (χ1n) is 4.80. The Labute approximate surface area is 94.3 Å². The normalized spacial score (nSPS) is 10.6. The molecule has 1 N–H and O–H groups in total. The Bertz CT molecular complexity index is 474. The summed E-state index contributed by atoms with van der Waals surface area (Å²) in [7, 11) is 0. The van der Waals surface area contributed by atoms with E-state index in [2.05, 4.69) is 24.0 Å². The molecule has 3 heteroatoms. The van der Waals surface area contributed by atoms with Gasteiger partial charge < -0.3 is 0 Å². The summed E-state index contributed by atoms with van der Waals surface area (Å²) in [6.07, 6.45) is 2.53. The zero-order valence-electron chi connectivity index (χ0n) is 8.55. The van der Waals surface area contributed by atoms with Crippen LogP contribution in [0.3, 0.4) is 0 Å². The molecule has 0 fully saturated rings. The minimum atomic E-state index is 0.720. The number of nitrogens with one attached hydrogen (secondary N) is 1. The number of hydrogen-bond acceptors (Lipinski definition) is 1. The maximum absolute atomic E-state index is 5.98. The van der Waals surface area contributed by atoms with Crippen LogP contribution in [0.4, 0.5) is 0 Å². The summed E-state index contributed by atoms with van der Waals surface area (Å²) in [6.45, 7) is 5.93. The van der Waals surface area contributed by atoms with Crippen molar-refractivity contribution >= 4 is 11.6 Å². The summed E-state index contributed by atoms with van der Waals surface area (Å²) < 4.78 is 0. The molecule has 0 aliphatic carbocycles. The van der Waals surface area contributed by atoms with Crippen LogP contribution < -0.4 is 0 Å². The molecule has 0 bridgehead atoms. The molecular formula is C12H12ClN2. The molecule has 0 aliphatic rings. The van der Waals surface area contributed by atoms with Crippen molar-refractivity contribution in [3.8, 4) is 11.3 Å². The Morgan fingerprint density at radius 1 is 1.47 bits per heavy atom. The molecule has 0 spiro atoms. The van der Waals surface area contributed by atoms with Gasteiger partial charge in [0.2, 0.25) is 0 Å². The predicted molar refractivity (Wildman–Crippen MR) is 62.8 cm³/mol. The van der Waals surface area contributed by atoms with Crippen molar-refractivity contribution in [1.29, 1.82) is 0 Å². The van der Waals surface area contributed by atoms with Crippen LogP contribution in [0.15, 0.2) is 24.4 Å². The molecule has 2 aromatic rings. The number of aromatic nitrogens is 2. The molecule has 2 rings (SSSR count). The van der Waals surface area contributed by atoms with E-state index >= 15 is 0 Å². The van der Waals surface area contributed by atoms with E-state index in [1.54, 1.807) is 0 Å². The highest BCUT2D eigenvalue weighted by Crippen LogP contribution is 2.27. The molecule has 1 heterocycles. The van der Waals surface area contributed by atoms with Gasteiger partial charge in [-0.3, -0.25) is 5.10 Å². The third-order valence-electron chi connectivity index (χ3n) is 2.46. The Morgan fingerprint density at radius 2 is 2.27 bits per heavy atom. The van der Waals surface area contributed by atoms with Gasteiger partial charge in [0.05, 0.1) is 11.9 Å². The quantitative estimate of drug-likeness (QED) is 0.824. The number of H-pyrrole nitrogens is 1. The van der Waals surface area contributed by atoms with Crippen molar-refractivity contribution in [3.63, 3.8) is 0 Å². The molecule has 0 amide bonds. The highest BCUT2D eigenvalue weighted by atomic mass is 35.5. The van der Waals surface area contributed by atoms with Gasteiger partial charge in [0.1, 0.15) is 0 Å². The van der Waals surface area contributed by atoms with Crippen molar-refractivity contribution in [2.45, 2.75) is 13.3 Å². The van der Waals surface area contributed by atoms with E-state index in [9.17, 15) is 0 Å². The highest BCUT2D eigenvalue weighted by molar-refractivity contribution is 6.30. The summed E-state index contributed by atoms with van der Waals surface area (Å²) in [6, 6.07) is 5.84. The number of rotatable bonds is 2.